The molecule has 2 nitrogen and oxygen atoms in total. The van der Waals surface area contributed by atoms with Crippen LogP contribution in [0.4, 0.5) is 0 Å². The van der Waals surface area contributed by atoms with Crippen molar-refractivity contribution in [2.45, 2.75) is 46.1 Å². The first kappa shape index (κ1) is 13.9. The molecule has 2 heteroatoms. The Morgan fingerprint density at radius 1 is 1.35 bits per heavy atom. The molecular formula is C15H23NO. The van der Waals surface area contributed by atoms with Crippen molar-refractivity contribution in [1.82, 2.24) is 0 Å². The van der Waals surface area contributed by atoms with Crippen molar-refractivity contribution >= 4 is 6.29 Å². The Morgan fingerprint density at radius 3 is 2.59 bits per heavy atom. The molecule has 0 amide bonds. The van der Waals surface area contributed by atoms with Crippen molar-refractivity contribution < 1.29 is 4.79 Å². The van der Waals surface area contributed by atoms with Crippen LogP contribution in [-0.2, 0) is 12.8 Å². The molecule has 1 unspecified atom stereocenters. The van der Waals surface area contributed by atoms with Crippen molar-refractivity contribution in [2.75, 3.05) is 0 Å². The number of hydrogen-bond acceptors (Lipinski definition) is 2. The predicted molar refractivity (Wildman–Crippen MR) is 72.3 cm³/mol. The second-order valence-corrected chi connectivity index (χ2v) is 4.95. The molecule has 0 saturated heterocycles. The van der Waals surface area contributed by atoms with E-state index >= 15 is 0 Å². The third kappa shape index (κ3) is 3.97. The summed E-state index contributed by atoms with van der Waals surface area (Å²) >= 11 is 0. The van der Waals surface area contributed by atoms with Gasteiger partial charge in [-0.05, 0) is 36.3 Å². The van der Waals surface area contributed by atoms with Crippen LogP contribution in [0.2, 0.25) is 0 Å². The lowest BCUT2D eigenvalue weighted by Crippen LogP contribution is -2.26. The van der Waals surface area contributed by atoms with E-state index in [1.807, 2.05) is 12.1 Å². The van der Waals surface area contributed by atoms with Gasteiger partial charge in [0.05, 0.1) is 0 Å². The molecule has 0 spiro atoms. The van der Waals surface area contributed by atoms with Gasteiger partial charge in [-0.15, -0.1) is 0 Å². The Kier molecular flexibility index (Phi) is 5.36. The standard InChI is InChI=1S/C15H23NO/c1-4-13-9-12(5-7-14(13)10-17)6-8-15(16)11(2)3/h5,7,9-11,15H,4,6,8,16H2,1-3H3. The fraction of sp³-hybridized carbons (Fsp3) is 0.533. The molecule has 1 rings (SSSR count). The fourth-order valence-electron chi connectivity index (χ4n) is 1.90. The number of aryl methyl sites for hydroxylation is 2. The largest absolute Gasteiger partial charge is 0.327 e. The number of aldehydes is 1. The topological polar surface area (TPSA) is 43.1 Å². The minimum absolute atomic E-state index is 0.255. The minimum Gasteiger partial charge on any atom is -0.327 e. The van der Waals surface area contributed by atoms with Crippen LogP contribution in [0, 0.1) is 5.92 Å². The summed E-state index contributed by atoms with van der Waals surface area (Å²) in [5.74, 6) is 0.523. The number of carbonyl (C=O) groups excluding carboxylic acids is 1. The van der Waals surface area contributed by atoms with E-state index < -0.39 is 0 Å². The highest BCUT2D eigenvalue weighted by molar-refractivity contribution is 5.77. The number of benzene rings is 1. The average molecular weight is 233 g/mol. The van der Waals surface area contributed by atoms with Crippen LogP contribution < -0.4 is 5.73 Å². The Morgan fingerprint density at radius 2 is 2.06 bits per heavy atom. The Labute approximate surface area is 104 Å². The van der Waals surface area contributed by atoms with Gasteiger partial charge < -0.3 is 5.73 Å². The van der Waals surface area contributed by atoms with Crippen molar-refractivity contribution in [1.29, 1.82) is 0 Å². The number of nitrogens with two attached hydrogens (primary N) is 1. The molecule has 0 aliphatic rings. The van der Waals surface area contributed by atoms with Gasteiger partial charge in [-0.1, -0.05) is 39.0 Å². The van der Waals surface area contributed by atoms with Crippen molar-refractivity contribution in [3.05, 3.63) is 34.9 Å². The summed E-state index contributed by atoms with van der Waals surface area (Å²) in [6.07, 6.45) is 3.83. The lowest BCUT2D eigenvalue weighted by Gasteiger charge is -2.15. The highest BCUT2D eigenvalue weighted by Gasteiger charge is 2.08. The van der Waals surface area contributed by atoms with E-state index in [9.17, 15) is 4.79 Å². The van der Waals surface area contributed by atoms with Crippen LogP contribution in [0.25, 0.3) is 0 Å². The summed E-state index contributed by atoms with van der Waals surface area (Å²) in [5.41, 5.74) is 9.26. The quantitative estimate of drug-likeness (QED) is 0.768. The van der Waals surface area contributed by atoms with Crippen LogP contribution in [0.1, 0.15) is 48.7 Å². The summed E-state index contributed by atoms with van der Waals surface area (Å²) in [6.45, 7) is 6.38. The minimum atomic E-state index is 0.255. The molecule has 0 aliphatic heterocycles. The van der Waals surface area contributed by atoms with Crippen LogP contribution >= 0.6 is 0 Å². The van der Waals surface area contributed by atoms with Gasteiger partial charge in [-0.25, -0.2) is 0 Å². The summed E-state index contributed by atoms with van der Waals surface area (Å²) in [5, 5.41) is 0. The van der Waals surface area contributed by atoms with E-state index in [-0.39, 0.29) is 6.04 Å². The zero-order chi connectivity index (χ0) is 12.8. The van der Waals surface area contributed by atoms with Crippen molar-refractivity contribution in [3.63, 3.8) is 0 Å². The molecule has 0 radical (unpaired) electrons. The Bertz CT molecular complexity index is 371. The summed E-state index contributed by atoms with van der Waals surface area (Å²) in [7, 11) is 0. The highest BCUT2D eigenvalue weighted by atomic mass is 16.1. The summed E-state index contributed by atoms with van der Waals surface area (Å²) < 4.78 is 0. The molecule has 0 saturated carbocycles. The van der Waals surface area contributed by atoms with Gasteiger partial charge in [0.25, 0.3) is 0 Å². The van der Waals surface area contributed by atoms with Gasteiger partial charge >= 0.3 is 0 Å². The molecule has 1 aromatic rings. The van der Waals surface area contributed by atoms with Crippen molar-refractivity contribution in [3.8, 4) is 0 Å². The first-order valence-electron chi connectivity index (χ1n) is 6.41. The van der Waals surface area contributed by atoms with Crippen molar-refractivity contribution in [2.24, 2.45) is 11.7 Å². The molecule has 0 heterocycles. The van der Waals surface area contributed by atoms with Crippen LogP contribution in [0.5, 0.6) is 0 Å². The second kappa shape index (κ2) is 6.55. The molecule has 1 aromatic carbocycles. The van der Waals surface area contributed by atoms with E-state index in [2.05, 4.69) is 26.8 Å². The van der Waals surface area contributed by atoms with Gasteiger partial charge in [0, 0.05) is 11.6 Å². The Hall–Kier alpha value is -1.15. The zero-order valence-electron chi connectivity index (χ0n) is 11.1. The SMILES string of the molecule is CCc1cc(CCC(N)C(C)C)ccc1C=O. The fourth-order valence-corrected chi connectivity index (χ4v) is 1.90. The highest BCUT2D eigenvalue weighted by Crippen LogP contribution is 2.14. The molecule has 2 N–H and O–H groups in total. The summed E-state index contributed by atoms with van der Waals surface area (Å²) in [6, 6.07) is 6.35. The third-order valence-corrected chi connectivity index (χ3v) is 3.34. The molecule has 0 aromatic heterocycles. The molecule has 0 bridgehead atoms. The first-order valence-corrected chi connectivity index (χ1v) is 6.41. The van der Waals surface area contributed by atoms with Gasteiger partial charge in [-0.3, -0.25) is 4.79 Å². The number of hydrogen-bond donors (Lipinski definition) is 1. The van der Waals surface area contributed by atoms with Crippen LogP contribution in [0.3, 0.4) is 0 Å². The monoisotopic (exact) mass is 233 g/mol. The smallest absolute Gasteiger partial charge is 0.150 e. The zero-order valence-corrected chi connectivity index (χ0v) is 11.1. The second-order valence-electron chi connectivity index (χ2n) is 4.95. The molecular weight excluding hydrogens is 210 g/mol. The van der Waals surface area contributed by atoms with Crippen LogP contribution in [0.15, 0.2) is 18.2 Å². The maximum absolute atomic E-state index is 10.8. The third-order valence-electron chi connectivity index (χ3n) is 3.34. The van der Waals surface area contributed by atoms with E-state index in [1.54, 1.807) is 0 Å². The van der Waals surface area contributed by atoms with E-state index in [1.165, 1.54) is 5.56 Å². The molecule has 17 heavy (non-hydrogen) atoms. The van der Waals surface area contributed by atoms with Gasteiger partial charge in [0.2, 0.25) is 0 Å². The van der Waals surface area contributed by atoms with Crippen LogP contribution in [-0.4, -0.2) is 12.3 Å². The molecule has 0 fully saturated rings. The average Bonchev–Trinajstić information content (AvgIpc) is 2.35. The predicted octanol–water partition coefficient (Wildman–Crippen LogP) is 2.98. The Balaban J connectivity index is 2.69. The first-order chi connectivity index (χ1) is 8.08. The van der Waals surface area contributed by atoms with Gasteiger partial charge in [-0.2, -0.15) is 0 Å². The molecule has 0 aliphatic carbocycles. The maximum atomic E-state index is 10.8. The number of carbonyl (C=O) groups is 1. The lowest BCUT2D eigenvalue weighted by atomic mass is 9.95. The maximum Gasteiger partial charge on any atom is 0.150 e. The van der Waals surface area contributed by atoms with E-state index in [0.717, 1.165) is 36.7 Å². The van der Waals surface area contributed by atoms with E-state index in [4.69, 9.17) is 5.73 Å². The molecule has 1 atom stereocenters. The van der Waals surface area contributed by atoms with Gasteiger partial charge in [0.1, 0.15) is 6.29 Å². The lowest BCUT2D eigenvalue weighted by molar-refractivity contribution is 0.112. The summed E-state index contributed by atoms with van der Waals surface area (Å²) in [4.78, 5) is 10.8. The van der Waals surface area contributed by atoms with E-state index in [0.29, 0.717) is 5.92 Å². The number of rotatable bonds is 6. The van der Waals surface area contributed by atoms with Gasteiger partial charge in [0.15, 0.2) is 0 Å². The normalized spacial score (nSPS) is 12.8. The molecule has 94 valence electrons.